The number of amides is 1. The topological polar surface area (TPSA) is 106 Å². The van der Waals surface area contributed by atoms with Gasteiger partial charge in [-0.2, -0.15) is 0 Å². The lowest BCUT2D eigenvalue weighted by Gasteiger charge is -2.12. The van der Waals surface area contributed by atoms with Crippen molar-refractivity contribution in [2.45, 2.75) is 19.9 Å². The van der Waals surface area contributed by atoms with Gasteiger partial charge < -0.3 is 20.5 Å². The van der Waals surface area contributed by atoms with Crippen molar-refractivity contribution in [1.29, 1.82) is 0 Å². The van der Waals surface area contributed by atoms with Crippen LogP contribution in [0.4, 0.5) is 4.39 Å². The van der Waals surface area contributed by atoms with Crippen LogP contribution in [0.5, 0.6) is 11.5 Å². The summed E-state index contributed by atoms with van der Waals surface area (Å²) in [4.78, 5) is 23.1. The highest BCUT2D eigenvalue weighted by Crippen LogP contribution is 2.33. The SMILES string of the molecule is CCn1cc(CC(N)=O)c(=O)c2c(F)c(O)c(O)cc21. The third-order valence-electron chi connectivity index (χ3n) is 3.04. The summed E-state index contributed by atoms with van der Waals surface area (Å²) in [5, 5.41) is 18.5. The van der Waals surface area contributed by atoms with E-state index in [0.29, 0.717) is 6.54 Å². The van der Waals surface area contributed by atoms with E-state index in [9.17, 15) is 24.2 Å². The van der Waals surface area contributed by atoms with Crippen molar-refractivity contribution in [1.82, 2.24) is 4.57 Å². The number of hydrogen-bond acceptors (Lipinski definition) is 4. The van der Waals surface area contributed by atoms with Gasteiger partial charge in [0.15, 0.2) is 22.7 Å². The van der Waals surface area contributed by atoms with Crippen molar-refractivity contribution in [2.75, 3.05) is 0 Å². The van der Waals surface area contributed by atoms with Crippen LogP contribution in [0.1, 0.15) is 12.5 Å². The number of halogens is 1. The molecule has 2 rings (SSSR count). The predicted octanol–water partition coefficient (Wildman–Crippen LogP) is 0.599. The van der Waals surface area contributed by atoms with Gasteiger partial charge >= 0.3 is 0 Å². The van der Waals surface area contributed by atoms with E-state index in [-0.39, 0.29) is 22.9 Å². The number of aromatic nitrogens is 1. The van der Waals surface area contributed by atoms with Gasteiger partial charge in [0, 0.05) is 24.4 Å². The van der Waals surface area contributed by atoms with E-state index in [1.54, 1.807) is 6.92 Å². The van der Waals surface area contributed by atoms with Crippen molar-refractivity contribution in [3.05, 3.63) is 33.9 Å². The molecule has 6 nitrogen and oxygen atoms in total. The molecule has 0 atom stereocenters. The third-order valence-corrected chi connectivity index (χ3v) is 3.04. The normalized spacial score (nSPS) is 10.9. The van der Waals surface area contributed by atoms with Gasteiger partial charge in [0.1, 0.15) is 0 Å². The first-order chi connectivity index (χ1) is 9.36. The molecule has 1 heterocycles. The monoisotopic (exact) mass is 280 g/mol. The minimum atomic E-state index is -1.21. The number of rotatable bonds is 3. The lowest BCUT2D eigenvalue weighted by molar-refractivity contribution is -0.117. The average molecular weight is 280 g/mol. The standard InChI is InChI=1S/C13H13FN2O4/c1-2-16-5-6(3-9(15)18)12(19)10-7(16)4-8(17)13(20)11(10)14/h4-5,17,20H,2-3H2,1H3,(H2,15,18). The number of phenols is 2. The fourth-order valence-corrected chi connectivity index (χ4v) is 2.11. The second kappa shape index (κ2) is 4.84. The van der Waals surface area contributed by atoms with Gasteiger partial charge in [0.25, 0.3) is 0 Å². The van der Waals surface area contributed by atoms with E-state index in [0.717, 1.165) is 6.07 Å². The van der Waals surface area contributed by atoms with Crippen molar-refractivity contribution >= 4 is 16.8 Å². The number of nitrogens with zero attached hydrogens (tertiary/aromatic N) is 1. The molecule has 1 aromatic heterocycles. The Balaban J connectivity index is 2.94. The molecule has 0 radical (unpaired) electrons. The first-order valence-electron chi connectivity index (χ1n) is 5.91. The number of primary amides is 1. The molecule has 0 fully saturated rings. The minimum Gasteiger partial charge on any atom is -0.504 e. The molecule has 0 saturated heterocycles. The van der Waals surface area contributed by atoms with Gasteiger partial charge in [-0.1, -0.05) is 0 Å². The maximum absolute atomic E-state index is 14.0. The van der Waals surface area contributed by atoms with Gasteiger partial charge in [-0.15, -0.1) is 0 Å². The van der Waals surface area contributed by atoms with E-state index < -0.39 is 28.7 Å². The van der Waals surface area contributed by atoms with Crippen molar-refractivity contribution in [2.24, 2.45) is 5.73 Å². The quantitative estimate of drug-likeness (QED) is 0.716. The summed E-state index contributed by atoms with van der Waals surface area (Å²) in [7, 11) is 0. The summed E-state index contributed by atoms with van der Waals surface area (Å²) in [5.41, 5.74) is 4.50. The first kappa shape index (κ1) is 13.9. The maximum Gasteiger partial charge on any atom is 0.222 e. The molecule has 0 aliphatic carbocycles. The fourth-order valence-electron chi connectivity index (χ4n) is 2.11. The summed E-state index contributed by atoms with van der Waals surface area (Å²) < 4.78 is 15.5. The van der Waals surface area contributed by atoms with E-state index in [4.69, 9.17) is 5.73 Å². The van der Waals surface area contributed by atoms with Crippen LogP contribution < -0.4 is 11.2 Å². The summed E-state index contributed by atoms with van der Waals surface area (Å²) >= 11 is 0. The van der Waals surface area contributed by atoms with E-state index in [1.807, 2.05) is 0 Å². The van der Waals surface area contributed by atoms with Crippen molar-refractivity contribution in [3.8, 4) is 11.5 Å². The molecule has 20 heavy (non-hydrogen) atoms. The molecule has 4 N–H and O–H groups in total. The van der Waals surface area contributed by atoms with Crippen LogP contribution >= 0.6 is 0 Å². The predicted molar refractivity (Wildman–Crippen MR) is 70.1 cm³/mol. The number of aromatic hydroxyl groups is 2. The number of carbonyl (C=O) groups is 1. The second-order valence-electron chi connectivity index (χ2n) is 4.36. The lowest BCUT2D eigenvalue weighted by atomic mass is 10.1. The van der Waals surface area contributed by atoms with Gasteiger partial charge in [-0.3, -0.25) is 9.59 Å². The van der Waals surface area contributed by atoms with Crippen LogP contribution in [0.2, 0.25) is 0 Å². The van der Waals surface area contributed by atoms with Crippen molar-refractivity contribution < 1.29 is 19.4 Å². The summed E-state index contributed by atoms with van der Waals surface area (Å²) in [6.07, 6.45) is 1.07. The van der Waals surface area contributed by atoms with Crippen LogP contribution in [0.3, 0.4) is 0 Å². The van der Waals surface area contributed by atoms with Crippen molar-refractivity contribution in [3.63, 3.8) is 0 Å². The number of carbonyl (C=O) groups excluding carboxylic acids is 1. The zero-order valence-corrected chi connectivity index (χ0v) is 10.7. The molecule has 1 aromatic carbocycles. The number of hydrogen-bond donors (Lipinski definition) is 3. The molecule has 7 heteroatoms. The van der Waals surface area contributed by atoms with Crippen LogP contribution in [0.25, 0.3) is 10.9 Å². The Hall–Kier alpha value is -2.57. The highest BCUT2D eigenvalue weighted by atomic mass is 19.1. The lowest BCUT2D eigenvalue weighted by Crippen LogP contribution is -2.22. The Morgan fingerprint density at radius 3 is 2.65 bits per heavy atom. The molecular formula is C13H13FN2O4. The zero-order valence-electron chi connectivity index (χ0n) is 10.7. The van der Waals surface area contributed by atoms with Crippen LogP contribution in [0.15, 0.2) is 17.1 Å². The van der Waals surface area contributed by atoms with E-state index in [2.05, 4.69) is 0 Å². The third kappa shape index (κ3) is 2.07. The molecule has 0 unspecified atom stereocenters. The number of benzene rings is 1. The molecule has 0 spiro atoms. The largest absolute Gasteiger partial charge is 0.504 e. The molecule has 0 aliphatic rings. The van der Waals surface area contributed by atoms with Crippen LogP contribution in [-0.4, -0.2) is 20.7 Å². The van der Waals surface area contributed by atoms with Crippen LogP contribution in [-0.2, 0) is 17.8 Å². The van der Waals surface area contributed by atoms with Gasteiger partial charge in [0.2, 0.25) is 5.91 Å². The first-order valence-corrected chi connectivity index (χ1v) is 5.91. The Morgan fingerprint density at radius 2 is 2.10 bits per heavy atom. The smallest absolute Gasteiger partial charge is 0.222 e. The number of pyridine rings is 1. The molecule has 1 amide bonds. The number of nitrogens with two attached hydrogens (primary N) is 1. The van der Waals surface area contributed by atoms with E-state index >= 15 is 0 Å². The summed E-state index contributed by atoms with van der Waals surface area (Å²) in [6, 6.07) is 1.10. The van der Waals surface area contributed by atoms with Crippen LogP contribution in [0, 0.1) is 5.82 Å². The Kier molecular flexibility index (Phi) is 3.35. The van der Waals surface area contributed by atoms with Gasteiger partial charge in [0.05, 0.1) is 17.3 Å². The highest BCUT2D eigenvalue weighted by Gasteiger charge is 2.19. The zero-order chi connectivity index (χ0) is 15.0. The second-order valence-corrected chi connectivity index (χ2v) is 4.36. The Morgan fingerprint density at radius 1 is 1.45 bits per heavy atom. The number of phenolic OH excluding ortho intramolecular Hbond substituents is 2. The average Bonchev–Trinajstić information content (AvgIpc) is 2.38. The molecule has 2 aromatic rings. The molecule has 0 aliphatic heterocycles. The van der Waals surface area contributed by atoms with Gasteiger partial charge in [-0.05, 0) is 6.92 Å². The molecule has 0 bridgehead atoms. The number of aryl methyl sites for hydroxylation is 1. The van der Waals surface area contributed by atoms with E-state index in [1.165, 1.54) is 10.8 Å². The Labute approximate surface area is 112 Å². The Bertz CT molecular complexity index is 767. The maximum atomic E-state index is 14.0. The minimum absolute atomic E-state index is 0.0378. The summed E-state index contributed by atoms with van der Waals surface area (Å²) in [5.74, 6) is -3.57. The number of fused-ring (bicyclic) bond motifs is 1. The highest BCUT2D eigenvalue weighted by molar-refractivity contribution is 5.85. The molecule has 0 saturated carbocycles. The molecule has 106 valence electrons. The fraction of sp³-hybridized carbons (Fsp3) is 0.231. The summed E-state index contributed by atoms with van der Waals surface area (Å²) in [6.45, 7) is 2.13. The van der Waals surface area contributed by atoms with Gasteiger partial charge in [-0.25, -0.2) is 4.39 Å². The molecular weight excluding hydrogens is 267 g/mol.